The molecule has 0 aliphatic heterocycles. The Morgan fingerprint density at radius 2 is 0.481 bits per heavy atom. The van der Waals surface area contributed by atoms with Gasteiger partial charge in [-0.1, -0.05) is 182 Å². The fourth-order valence-electron chi connectivity index (χ4n) is 7.08. The maximum absolute atomic E-state index is 5.16. The Morgan fingerprint density at radius 1 is 0.204 bits per heavy atom. The molecule has 0 N–H and O–H groups in total. The lowest BCUT2D eigenvalue weighted by molar-refractivity contribution is 1.07. The molecule has 0 spiro atoms. The number of nitrogens with zero attached hydrogens (tertiary/aromatic N) is 3. The third-order valence-electron chi connectivity index (χ3n) is 9.70. The van der Waals surface area contributed by atoms with Gasteiger partial charge in [0.1, 0.15) is 0 Å². The zero-order valence-electron chi connectivity index (χ0n) is 29.5. The van der Waals surface area contributed by atoms with Crippen LogP contribution in [0.5, 0.6) is 0 Å². The minimum Gasteiger partial charge on any atom is -0.208 e. The Kier molecular flexibility index (Phi) is 8.94. The van der Waals surface area contributed by atoms with Crippen LogP contribution in [0.15, 0.2) is 212 Å². The van der Waals surface area contributed by atoms with Gasteiger partial charge >= 0.3 is 0 Å². The molecule has 3 heteroatoms. The van der Waals surface area contributed by atoms with Crippen LogP contribution in [0.1, 0.15) is 0 Å². The van der Waals surface area contributed by atoms with E-state index in [0.29, 0.717) is 17.5 Å². The summed E-state index contributed by atoms with van der Waals surface area (Å²) in [6, 6.07) is 74.4. The summed E-state index contributed by atoms with van der Waals surface area (Å²) in [6.45, 7) is 0. The van der Waals surface area contributed by atoms with Gasteiger partial charge in [-0.3, -0.25) is 0 Å². The average molecular weight is 690 g/mol. The highest BCUT2D eigenvalue weighted by Gasteiger charge is 2.20. The van der Waals surface area contributed by atoms with Crippen LogP contribution in [0.3, 0.4) is 0 Å². The summed E-state index contributed by atoms with van der Waals surface area (Å²) in [7, 11) is 0. The average Bonchev–Trinajstić information content (AvgIpc) is 3.27. The van der Waals surface area contributed by atoms with Crippen molar-refractivity contribution in [3.05, 3.63) is 212 Å². The van der Waals surface area contributed by atoms with Gasteiger partial charge in [-0.25, -0.2) is 15.0 Å². The fraction of sp³-hybridized carbons (Fsp3) is 0. The second-order valence-electron chi connectivity index (χ2n) is 13.2. The molecule has 9 aromatic rings. The van der Waals surface area contributed by atoms with Gasteiger partial charge in [0.25, 0.3) is 0 Å². The zero-order chi connectivity index (χ0) is 36.1. The highest BCUT2D eigenvalue weighted by atomic mass is 15.0. The Hall–Kier alpha value is -7.23. The van der Waals surface area contributed by atoms with E-state index in [-0.39, 0.29) is 0 Å². The van der Waals surface area contributed by atoms with E-state index in [0.717, 1.165) is 66.8 Å². The number of aromatic nitrogens is 3. The van der Waals surface area contributed by atoms with Crippen LogP contribution in [0, 0.1) is 0 Å². The van der Waals surface area contributed by atoms with E-state index in [9.17, 15) is 0 Å². The summed E-state index contributed by atoms with van der Waals surface area (Å²) in [6.07, 6.45) is 0. The van der Waals surface area contributed by atoms with Crippen molar-refractivity contribution >= 4 is 0 Å². The van der Waals surface area contributed by atoms with E-state index >= 15 is 0 Å². The van der Waals surface area contributed by atoms with Crippen LogP contribution in [-0.2, 0) is 0 Å². The Labute approximate surface area is 316 Å². The largest absolute Gasteiger partial charge is 0.208 e. The fourth-order valence-corrected chi connectivity index (χ4v) is 7.08. The molecule has 0 fully saturated rings. The zero-order valence-corrected chi connectivity index (χ0v) is 29.5. The first-order chi connectivity index (χ1) is 26.8. The van der Waals surface area contributed by atoms with E-state index < -0.39 is 0 Å². The summed E-state index contributed by atoms with van der Waals surface area (Å²) >= 11 is 0. The van der Waals surface area contributed by atoms with E-state index in [1.807, 2.05) is 60.7 Å². The molecule has 0 saturated heterocycles. The molecule has 9 rings (SSSR count). The molecule has 8 aromatic carbocycles. The molecule has 1 heterocycles. The minimum atomic E-state index is 0.616. The summed E-state index contributed by atoms with van der Waals surface area (Å²) in [5.74, 6) is 1.88. The van der Waals surface area contributed by atoms with Crippen LogP contribution < -0.4 is 0 Å². The van der Waals surface area contributed by atoms with Gasteiger partial charge in [-0.15, -0.1) is 0 Å². The lowest BCUT2D eigenvalue weighted by atomic mass is 9.83. The van der Waals surface area contributed by atoms with E-state index in [2.05, 4.69) is 152 Å². The van der Waals surface area contributed by atoms with Crippen LogP contribution in [-0.4, -0.2) is 15.0 Å². The molecule has 3 nitrogen and oxygen atoms in total. The predicted octanol–water partition coefficient (Wildman–Crippen LogP) is 13.2. The number of hydrogen-bond donors (Lipinski definition) is 0. The first kappa shape index (κ1) is 32.7. The van der Waals surface area contributed by atoms with E-state index in [1.165, 1.54) is 5.56 Å². The maximum atomic E-state index is 5.16. The second kappa shape index (κ2) is 14.8. The smallest absolute Gasteiger partial charge is 0.164 e. The molecule has 54 heavy (non-hydrogen) atoms. The molecule has 0 aliphatic rings. The molecule has 0 unspecified atom stereocenters. The number of benzene rings is 8. The normalized spacial score (nSPS) is 11.0. The second-order valence-corrected chi connectivity index (χ2v) is 13.2. The molecule has 0 saturated carbocycles. The first-order valence-electron chi connectivity index (χ1n) is 18.2. The van der Waals surface area contributed by atoms with Crippen molar-refractivity contribution in [2.75, 3.05) is 0 Å². The van der Waals surface area contributed by atoms with Crippen molar-refractivity contribution in [1.29, 1.82) is 0 Å². The molecule has 254 valence electrons. The van der Waals surface area contributed by atoms with Crippen molar-refractivity contribution in [2.45, 2.75) is 0 Å². The van der Waals surface area contributed by atoms with Gasteiger partial charge in [0.15, 0.2) is 17.5 Å². The van der Waals surface area contributed by atoms with Crippen molar-refractivity contribution in [2.24, 2.45) is 0 Å². The summed E-state index contributed by atoms with van der Waals surface area (Å²) in [4.78, 5) is 15.3. The van der Waals surface area contributed by atoms with Crippen molar-refractivity contribution in [1.82, 2.24) is 15.0 Å². The van der Waals surface area contributed by atoms with Crippen LogP contribution >= 0.6 is 0 Å². The van der Waals surface area contributed by atoms with Crippen LogP contribution in [0.4, 0.5) is 0 Å². The van der Waals surface area contributed by atoms with Crippen LogP contribution in [0.2, 0.25) is 0 Å². The Bertz CT molecular complexity index is 2540. The van der Waals surface area contributed by atoms with Gasteiger partial charge in [0, 0.05) is 16.7 Å². The van der Waals surface area contributed by atoms with E-state index in [4.69, 9.17) is 15.0 Å². The van der Waals surface area contributed by atoms with Crippen molar-refractivity contribution in [3.8, 4) is 89.8 Å². The minimum absolute atomic E-state index is 0.616. The number of rotatable bonds is 8. The molecule has 0 bridgehead atoms. The Balaban J connectivity index is 1.36. The lowest BCUT2D eigenvalue weighted by Gasteiger charge is -2.20. The third kappa shape index (κ3) is 6.74. The van der Waals surface area contributed by atoms with E-state index in [1.54, 1.807) is 0 Å². The highest BCUT2D eigenvalue weighted by Crippen LogP contribution is 2.45. The monoisotopic (exact) mass is 689 g/mol. The number of hydrogen-bond acceptors (Lipinski definition) is 3. The molecule has 0 atom stereocenters. The first-order valence-corrected chi connectivity index (χ1v) is 18.2. The maximum Gasteiger partial charge on any atom is 0.164 e. The molecular formula is C51H35N3. The molecule has 0 radical (unpaired) electrons. The van der Waals surface area contributed by atoms with Crippen LogP contribution in [0.25, 0.3) is 89.8 Å². The standard InChI is InChI=1S/C51H35N3/c1-7-19-36(20-8-1)42-31-44(33-45(32-42)51-53-49(40-27-15-5-16-28-40)52-50(54-51)41-29-17-6-18-30-41)48-46(38-23-11-3-12-24-38)34-43(37-21-9-2-10-22-37)35-47(48)39-25-13-4-14-26-39/h1-35H. The molecule has 1 aromatic heterocycles. The molecule has 0 amide bonds. The van der Waals surface area contributed by atoms with Gasteiger partial charge < -0.3 is 0 Å². The lowest BCUT2D eigenvalue weighted by Crippen LogP contribution is -2.01. The summed E-state index contributed by atoms with van der Waals surface area (Å²) in [5.41, 5.74) is 14.1. The highest BCUT2D eigenvalue weighted by molar-refractivity contribution is 5.99. The van der Waals surface area contributed by atoms with Crippen molar-refractivity contribution < 1.29 is 0 Å². The van der Waals surface area contributed by atoms with Gasteiger partial charge in [-0.05, 0) is 86.0 Å². The van der Waals surface area contributed by atoms with Crippen molar-refractivity contribution in [3.63, 3.8) is 0 Å². The van der Waals surface area contributed by atoms with Gasteiger partial charge in [-0.2, -0.15) is 0 Å². The Morgan fingerprint density at radius 3 is 0.870 bits per heavy atom. The predicted molar refractivity (Wildman–Crippen MR) is 223 cm³/mol. The quantitative estimate of drug-likeness (QED) is 0.159. The molecule has 0 aliphatic carbocycles. The SMILES string of the molecule is c1ccc(-c2cc(-c3nc(-c4ccccc4)nc(-c4ccccc4)n3)cc(-c3c(-c4ccccc4)cc(-c4ccccc4)cc3-c3ccccc3)c2)cc1. The summed E-state index contributed by atoms with van der Waals surface area (Å²) in [5, 5.41) is 0. The van der Waals surface area contributed by atoms with Gasteiger partial charge in [0.05, 0.1) is 0 Å². The topological polar surface area (TPSA) is 38.7 Å². The summed E-state index contributed by atoms with van der Waals surface area (Å²) < 4.78 is 0. The molecular weight excluding hydrogens is 655 g/mol. The van der Waals surface area contributed by atoms with Gasteiger partial charge in [0.2, 0.25) is 0 Å². The third-order valence-corrected chi connectivity index (χ3v) is 9.70.